The zero-order chi connectivity index (χ0) is 19.5. The first-order chi connectivity index (χ1) is 12.1. The van der Waals surface area contributed by atoms with Crippen LogP contribution in [0.2, 0.25) is 5.31 Å². The zero-order valence-electron chi connectivity index (χ0n) is 14.9. The highest BCUT2D eigenvalue weighted by Crippen LogP contribution is 2.44. The van der Waals surface area contributed by atoms with Crippen molar-refractivity contribution < 1.29 is 23.2 Å². The van der Waals surface area contributed by atoms with Crippen molar-refractivity contribution in [3.8, 4) is 0 Å². The lowest BCUT2D eigenvalue weighted by molar-refractivity contribution is -0.387. The van der Waals surface area contributed by atoms with Gasteiger partial charge in [-0.2, -0.15) is 4.31 Å². The van der Waals surface area contributed by atoms with Crippen molar-refractivity contribution in [3.63, 3.8) is 0 Å². The number of unbranched alkanes of at least 4 members (excludes halogenated alkanes) is 1. The molecule has 26 heavy (non-hydrogen) atoms. The van der Waals surface area contributed by atoms with Crippen molar-refractivity contribution in [3.05, 3.63) is 34.4 Å². The maximum absolute atomic E-state index is 12.9. The van der Waals surface area contributed by atoms with Crippen molar-refractivity contribution in [2.45, 2.75) is 42.8 Å². The van der Waals surface area contributed by atoms with Crippen molar-refractivity contribution >= 4 is 29.5 Å². The molecule has 2 atom stereocenters. The van der Waals surface area contributed by atoms with E-state index in [1.807, 2.05) is 6.92 Å². The Bertz CT molecular complexity index is 800. The van der Waals surface area contributed by atoms with Crippen LogP contribution in [-0.2, 0) is 14.8 Å². The Hall–Kier alpha value is -1.94. The average molecular weight is 382 g/mol. The van der Waals surface area contributed by atoms with E-state index in [1.165, 1.54) is 22.5 Å². The van der Waals surface area contributed by atoms with Gasteiger partial charge >= 0.3 is 5.97 Å². The van der Waals surface area contributed by atoms with E-state index in [0.29, 0.717) is 12.8 Å². The first-order valence-corrected chi connectivity index (χ1v) is 10.1. The number of para-hydroxylation sites is 1. The summed E-state index contributed by atoms with van der Waals surface area (Å²) in [6.45, 7) is 2.19. The van der Waals surface area contributed by atoms with Gasteiger partial charge in [-0.25, -0.2) is 8.42 Å². The van der Waals surface area contributed by atoms with Gasteiger partial charge < -0.3 is 5.11 Å². The first kappa shape index (κ1) is 20.4. The predicted molar refractivity (Wildman–Crippen MR) is 98.4 cm³/mol. The Balaban J connectivity index is 2.30. The number of nitro groups is 1. The second-order valence-electron chi connectivity index (χ2n) is 6.90. The number of nitrogens with zero attached hydrogens (tertiary/aromatic N) is 2. The molecule has 10 heteroatoms. The summed E-state index contributed by atoms with van der Waals surface area (Å²) in [4.78, 5) is 21.9. The maximum Gasteiger partial charge on any atom is 0.301 e. The number of nitro benzene ring substituents is 1. The lowest BCUT2D eigenvalue weighted by Crippen LogP contribution is -2.36. The molecule has 2 unspecified atom stereocenters. The molecule has 0 bridgehead atoms. The second kappa shape index (κ2) is 7.75. The summed E-state index contributed by atoms with van der Waals surface area (Å²) in [5.41, 5.74) is -0.470. The molecule has 0 spiro atoms. The Morgan fingerprint density at radius 1 is 1.46 bits per heavy atom. The molecule has 0 radical (unpaired) electrons. The summed E-state index contributed by atoms with van der Waals surface area (Å²) in [6, 6.07) is 5.23. The number of benzene rings is 1. The number of hydrogen-bond acceptors (Lipinski definition) is 5. The summed E-state index contributed by atoms with van der Waals surface area (Å²) in [6.07, 6.45) is 2.50. The van der Waals surface area contributed by atoms with E-state index < -0.39 is 31.9 Å². The Labute approximate surface area is 153 Å². The van der Waals surface area contributed by atoms with Crippen LogP contribution < -0.4 is 0 Å². The van der Waals surface area contributed by atoms with Crippen molar-refractivity contribution in [1.29, 1.82) is 0 Å². The molecule has 1 aromatic carbocycles. The third kappa shape index (κ3) is 3.75. The van der Waals surface area contributed by atoms with E-state index in [0.717, 1.165) is 18.9 Å². The summed E-state index contributed by atoms with van der Waals surface area (Å²) in [7, 11) is -2.39. The highest BCUT2D eigenvalue weighted by atomic mass is 32.2. The van der Waals surface area contributed by atoms with Crippen LogP contribution in [0, 0.1) is 16.0 Å². The number of rotatable bonds is 8. The molecule has 2 rings (SSSR count). The monoisotopic (exact) mass is 382 g/mol. The third-order valence-electron chi connectivity index (χ3n) is 5.27. The van der Waals surface area contributed by atoms with Crippen LogP contribution in [0.25, 0.3) is 0 Å². The van der Waals surface area contributed by atoms with Crippen LogP contribution in [0.5, 0.6) is 0 Å². The lowest BCUT2D eigenvalue weighted by atomic mass is 9.57. The lowest BCUT2D eigenvalue weighted by Gasteiger charge is -2.31. The number of aliphatic carboxylic acids is 1. The highest BCUT2D eigenvalue weighted by molar-refractivity contribution is 7.89. The van der Waals surface area contributed by atoms with Gasteiger partial charge in [0.2, 0.25) is 10.0 Å². The smallest absolute Gasteiger partial charge is 0.301 e. The fourth-order valence-corrected chi connectivity index (χ4v) is 5.12. The van der Waals surface area contributed by atoms with Crippen LogP contribution in [0.4, 0.5) is 5.69 Å². The number of sulfonamides is 1. The molecule has 0 saturated carbocycles. The number of hydrogen-bond donors (Lipinski definition) is 1. The van der Waals surface area contributed by atoms with Gasteiger partial charge in [-0.15, -0.1) is 0 Å². The molecule has 1 aliphatic heterocycles. The van der Waals surface area contributed by atoms with E-state index >= 15 is 0 Å². The van der Waals surface area contributed by atoms with Gasteiger partial charge in [-0.3, -0.25) is 14.9 Å². The molecule has 142 valence electrons. The Kier molecular flexibility index (Phi) is 6.07. The number of carboxylic acid groups (broad SMARTS) is 1. The first-order valence-electron chi connectivity index (χ1n) is 8.61. The van der Waals surface area contributed by atoms with Crippen molar-refractivity contribution in [1.82, 2.24) is 4.31 Å². The molecule has 1 fully saturated rings. The van der Waals surface area contributed by atoms with Gasteiger partial charge in [0, 0.05) is 24.5 Å². The third-order valence-corrected chi connectivity index (χ3v) is 7.18. The fourth-order valence-electron chi connectivity index (χ4n) is 3.46. The van der Waals surface area contributed by atoms with Gasteiger partial charge in [0.15, 0.2) is 4.90 Å². The van der Waals surface area contributed by atoms with Gasteiger partial charge in [-0.1, -0.05) is 31.9 Å². The molecule has 0 amide bonds. The van der Waals surface area contributed by atoms with Crippen LogP contribution in [0.1, 0.15) is 32.6 Å². The second-order valence-corrected chi connectivity index (χ2v) is 8.81. The molecule has 1 N–H and O–H groups in total. The van der Waals surface area contributed by atoms with Gasteiger partial charge in [0.25, 0.3) is 5.69 Å². The fraction of sp³-hybridized carbons (Fsp3) is 0.562. The normalized spacial score (nSPS) is 20.6. The average Bonchev–Trinajstić information content (AvgIpc) is 3.11. The predicted octanol–water partition coefficient (Wildman–Crippen LogP) is 1.67. The van der Waals surface area contributed by atoms with E-state index in [1.54, 1.807) is 7.85 Å². The minimum absolute atomic E-state index is 0.0564. The summed E-state index contributed by atoms with van der Waals surface area (Å²) in [5.74, 6) is -1.26. The minimum Gasteiger partial charge on any atom is -0.481 e. The molecule has 1 heterocycles. The molecule has 1 aromatic rings. The quantitative estimate of drug-likeness (QED) is 0.415. The van der Waals surface area contributed by atoms with Crippen LogP contribution in [0.15, 0.2) is 29.2 Å². The maximum atomic E-state index is 12.9. The summed E-state index contributed by atoms with van der Waals surface area (Å²) < 4.78 is 27.0. The zero-order valence-corrected chi connectivity index (χ0v) is 15.7. The molecule has 0 aliphatic carbocycles. The van der Waals surface area contributed by atoms with Crippen LogP contribution in [-0.4, -0.2) is 49.7 Å². The van der Waals surface area contributed by atoms with E-state index in [2.05, 4.69) is 0 Å². The van der Waals surface area contributed by atoms with Crippen molar-refractivity contribution in [2.75, 3.05) is 13.1 Å². The van der Waals surface area contributed by atoms with E-state index in [-0.39, 0.29) is 23.9 Å². The highest BCUT2D eigenvalue weighted by Gasteiger charge is 2.46. The molecule has 1 aliphatic rings. The SMILES string of the molecule is BC(CCCC)(C(=O)O)C1CCN(S(=O)(=O)c2ccccc2[N+](=O)[O-])C1. The van der Waals surface area contributed by atoms with E-state index in [9.17, 15) is 28.4 Å². The number of carbonyl (C=O) groups is 1. The van der Waals surface area contributed by atoms with Gasteiger partial charge in [0.05, 0.1) is 4.92 Å². The van der Waals surface area contributed by atoms with Crippen LogP contribution in [0.3, 0.4) is 0 Å². The number of carboxylic acids is 1. The topological polar surface area (TPSA) is 118 Å². The van der Waals surface area contributed by atoms with E-state index in [4.69, 9.17) is 0 Å². The summed E-state index contributed by atoms with van der Waals surface area (Å²) >= 11 is 0. The van der Waals surface area contributed by atoms with Gasteiger partial charge in [-0.05, 0) is 24.8 Å². The molecule has 0 aromatic heterocycles. The Morgan fingerprint density at radius 2 is 2.12 bits per heavy atom. The summed E-state index contributed by atoms with van der Waals surface area (Å²) in [5, 5.41) is 19.8. The van der Waals surface area contributed by atoms with Crippen molar-refractivity contribution in [2.24, 2.45) is 5.92 Å². The molecular weight excluding hydrogens is 359 g/mol. The standard InChI is InChI=1S/C16H23BN2O6S/c1-2-3-9-16(17,15(20)21)12-8-10-18(11-12)26(24,25)14-7-5-4-6-13(14)19(22)23/h4-7,12H,2-3,8-11,17H2,1H3,(H,20,21). The van der Waals surface area contributed by atoms with Crippen LogP contribution >= 0.6 is 0 Å². The molecule has 1 saturated heterocycles. The largest absolute Gasteiger partial charge is 0.481 e. The van der Waals surface area contributed by atoms with Gasteiger partial charge in [0.1, 0.15) is 7.85 Å². The molecular formula is C16H23BN2O6S. The molecule has 8 nitrogen and oxygen atoms in total. The Morgan fingerprint density at radius 3 is 2.69 bits per heavy atom. The minimum atomic E-state index is -4.06.